The Morgan fingerprint density at radius 3 is 3.05 bits per heavy atom. The molecule has 2 N–H and O–H groups in total. The van der Waals surface area contributed by atoms with Crippen LogP contribution < -0.4 is 0 Å². The Kier molecular flexibility index (Phi) is 3.79. The monoisotopic (exact) mass is 293 g/mol. The Labute approximate surface area is 120 Å². The highest BCUT2D eigenvalue weighted by Gasteiger charge is 2.17. The number of amides is 1. The Bertz CT molecular complexity index is 622. The lowest BCUT2D eigenvalue weighted by Crippen LogP contribution is -2.41. The normalized spacial score (nSPS) is 15.7. The fraction of sp³-hybridized carbons (Fsp3) is 0.385. The number of thioether (sulfide) groups is 1. The molecule has 0 radical (unpaired) electrons. The molecule has 0 bridgehead atoms. The van der Waals surface area contributed by atoms with Crippen molar-refractivity contribution in [2.75, 3.05) is 32.1 Å². The summed E-state index contributed by atoms with van der Waals surface area (Å²) in [6.07, 6.45) is 0. The Morgan fingerprint density at radius 1 is 1.45 bits per heavy atom. The molecule has 3 rings (SSSR count). The van der Waals surface area contributed by atoms with E-state index in [-0.39, 0.29) is 11.7 Å². The zero-order valence-electron chi connectivity index (χ0n) is 10.8. The first-order valence-electron chi connectivity index (χ1n) is 6.39. The molecular weight excluding hydrogens is 278 g/mol. The highest BCUT2D eigenvalue weighted by atomic mass is 32.2. The number of hydrogen-bond donors (Lipinski definition) is 2. The average molecular weight is 293 g/mol. The number of imidazole rings is 1. The second kappa shape index (κ2) is 5.72. The minimum atomic E-state index is 0.0987. The number of aromatic nitrogens is 2. The van der Waals surface area contributed by atoms with E-state index in [2.05, 4.69) is 9.97 Å². The smallest absolute Gasteiger partial charge is 0.233 e. The zero-order chi connectivity index (χ0) is 13.9. The summed E-state index contributed by atoms with van der Waals surface area (Å²) < 4.78 is 5.22. The van der Waals surface area contributed by atoms with Gasteiger partial charge in [0.1, 0.15) is 5.75 Å². The molecular formula is C13H15N3O3S. The average Bonchev–Trinajstić information content (AvgIpc) is 2.87. The molecule has 0 spiro atoms. The highest BCUT2D eigenvalue weighted by Crippen LogP contribution is 2.22. The van der Waals surface area contributed by atoms with E-state index in [0.717, 1.165) is 11.0 Å². The van der Waals surface area contributed by atoms with E-state index in [4.69, 9.17) is 4.74 Å². The summed E-state index contributed by atoms with van der Waals surface area (Å²) in [4.78, 5) is 21.3. The molecule has 1 saturated heterocycles. The van der Waals surface area contributed by atoms with Gasteiger partial charge in [0.25, 0.3) is 0 Å². The molecule has 1 aliphatic rings. The summed E-state index contributed by atoms with van der Waals surface area (Å²) in [5.74, 6) is 0.648. The second-order valence-corrected chi connectivity index (χ2v) is 5.49. The van der Waals surface area contributed by atoms with Gasteiger partial charge in [-0.1, -0.05) is 11.8 Å². The minimum absolute atomic E-state index is 0.0987. The Hall–Kier alpha value is -1.73. The topological polar surface area (TPSA) is 78.4 Å². The molecule has 0 saturated carbocycles. The molecule has 0 atom stereocenters. The molecule has 106 valence electrons. The molecule has 0 unspecified atom stereocenters. The lowest BCUT2D eigenvalue weighted by molar-refractivity contribution is -0.132. The predicted molar refractivity (Wildman–Crippen MR) is 75.9 cm³/mol. The third kappa shape index (κ3) is 2.88. The number of carbonyl (C=O) groups is 1. The number of fused-ring (bicyclic) bond motifs is 1. The first kappa shape index (κ1) is 13.3. The van der Waals surface area contributed by atoms with Crippen molar-refractivity contribution in [1.82, 2.24) is 14.9 Å². The molecule has 1 fully saturated rings. The molecule has 1 aromatic heterocycles. The van der Waals surface area contributed by atoms with Crippen LogP contribution in [-0.4, -0.2) is 57.9 Å². The molecule has 1 amide bonds. The fourth-order valence-electron chi connectivity index (χ4n) is 2.08. The number of phenols is 1. The standard InChI is InChI=1S/C13H15N3O3S/c17-9-1-2-10-11(7-9)15-13(14-10)20-8-12(18)16-3-5-19-6-4-16/h1-2,7,17H,3-6,8H2,(H,14,15). The maximum absolute atomic E-state index is 12.0. The Morgan fingerprint density at radius 2 is 2.25 bits per heavy atom. The van der Waals surface area contributed by atoms with E-state index in [1.807, 2.05) is 4.90 Å². The fourth-order valence-corrected chi connectivity index (χ4v) is 2.86. The quantitative estimate of drug-likeness (QED) is 0.832. The summed E-state index contributed by atoms with van der Waals surface area (Å²) in [6, 6.07) is 4.96. The molecule has 2 heterocycles. The second-order valence-electron chi connectivity index (χ2n) is 4.53. The number of phenolic OH excluding ortho intramolecular Hbond substituents is 1. The zero-order valence-corrected chi connectivity index (χ0v) is 11.7. The molecule has 6 nitrogen and oxygen atoms in total. The molecule has 1 aromatic carbocycles. The van der Waals surface area contributed by atoms with Crippen LogP contribution in [0.5, 0.6) is 5.75 Å². The van der Waals surface area contributed by atoms with Gasteiger partial charge in [-0.2, -0.15) is 0 Å². The lowest BCUT2D eigenvalue weighted by Gasteiger charge is -2.26. The van der Waals surface area contributed by atoms with Gasteiger partial charge in [0, 0.05) is 19.2 Å². The van der Waals surface area contributed by atoms with Crippen LogP contribution in [0.3, 0.4) is 0 Å². The van der Waals surface area contributed by atoms with Crippen molar-refractivity contribution in [3.63, 3.8) is 0 Å². The van der Waals surface area contributed by atoms with Gasteiger partial charge in [-0.3, -0.25) is 4.79 Å². The minimum Gasteiger partial charge on any atom is -0.508 e. The van der Waals surface area contributed by atoms with Gasteiger partial charge in [-0.15, -0.1) is 0 Å². The van der Waals surface area contributed by atoms with Crippen LogP contribution in [0.1, 0.15) is 0 Å². The largest absolute Gasteiger partial charge is 0.508 e. The van der Waals surface area contributed by atoms with Crippen LogP contribution in [0.25, 0.3) is 11.0 Å². The van der Waals surface area contributed by atoms with Gasteiger partial charge in [-0.05, 0) is 12.1 Å². The van der Waals surface area contributed by atoms with Crippen molar-refractivity contribution < 1.29 is 14.6 Å². The van der Waals surface area contributed by atoms with Gasteiger partial charge >= 0.3 is 0 Å². The van der Waals surface area contributed by atoms with Crippen LogP contribution in [-0.2, 0) is 9.53 Å². The van der Waals surface area contributed by atoms with Crippen LogP contribution in [0.15, 0.2) is 23.4 Å². The summed E-state index contributed by atoms with van der Waals surface area (Å²) >= 11 is 1.37. The molecule has 1 aliphatic heterocycles. The van der Waals surface area contributed by atoms with Crippen molar-refractivity contribution in [3.8, 4) is 5.75 Å². The van der Waals surface area contributed by atoms with Gasteiger partial charge in [0.15, 0.2) is 5.16 Å². The third-order valence-corrected chi connectivity index (χ3v) is 4.00. The number of aromatic amines is 1. The van der Waals surface area contributed by atoms with Gasteiger partial charge in [0.2, 0.25) is 5.91 Å². The molecule has 0 aliphatic carbocycles. The van der Waals surface area contributed by atoms with Crippen LogP contribution in [0, 0.1) is 0 Å². The van der Waals surface area contributed by atoms with Crippen molar-refractivity contribution >= 4 is 28.7 Å². The first-order valence-corrected chi connectivity index (χ1v) is 7.38. The number of ether oxygens (including phenoxy) is 1. The first-order chi connectivity index (χ1) is 9.72. The van der Waals surface area contributed by atoms with E-state index in [9.17, 15) is 9.90 Å². The van der Waals surface area contributed by atoms with Crippen molar-refractivity contribution in [3.05, 3.63) is 18.2 Å². The summed E-state index contributed by atoms with van der Waals surface area (Å²) in [7, 11) is 0. The molecule has 7 heteroatoms. The third-order valence-electron chi connectivity index (χ3n) is 3.14. The molecule has 2 aromatic rings. The van der Waals surface area contributed by atoms with E-state index >= 15 is 0 Å². The highest BCUT2D eigenvalue weighted by molar-refractivity contribution is 7.99. The number of morpholine rings is 1. The van der Waals surface area contributed by atoms with Crippen LogP contribution >= 0.6 is 11.8 Å². The predicted octanol–water partition coefficient (Wildman–Crippen LogP) is 1.22. The lowest BCUT2D eigenvalue weighted by atomic mass is 10.3. The summed E-state index contributed by atoms with van der Waals surface area (Å²) in [5.41, 5.74) is 1.55. The number of nitrogens with one attached hydrogen (secondary N) is 1. The summed E-state index contributed by atoms with van der Waals surface area (Å²) in [6.45, 7) is 2.54. The SMILES string of the molecule is O=C(CSc1nc2ccc(O)cc2[nH]1)N1CCOCC1. The van der Waals surface area contributed by atoms with Gasteiger partial charge < -0.3 is 19.7 Å². The Balaban J connectivity index is 1.63. The van der Waals surface area contributed by atoms with Crippen molar-refractivity contribution in [2.45, 2.75) is 5.16 Å². The summed E-state index contributed by atoms with van der Waals surface area (Å²) in [5, 5.41) is 10.1. The number of H-pyrrole nitrogens is 1. The number of hydrogen-bond acceptors (Lipinski definition) is 5. The van der Waals surface area contributed by atoms with Gasteiger partial charge in [-0.25, -0.2) is 4.98 Å². The number of nitrogens with zero attached hydrogens (tertiary/aromatic N) is 2. The maximum atomic E-state index is 12.0. The van der Waals surface area contributed by atoms with Crippen LogP contribution in [0.4, 0.5) is 0 Å². The number of benzene rings is 1. The maximum Gasteiger partial charge on any atom is 0.233 e. The molecule has 20 heavy (non-hydrogen) atoms. The van der Waals surface area contributed by atoms with E-state index in [1.54, 1.807) is 18.2 Å². The van der Waals surface area contributed by atoms with Crippen molar-refractivity contribution in [2.24, 2.45) is 0 Å². The number of carbonyl (C=O) groups excluding carboxylic acids is 1. The van der Waals surface area contributed by atoms with E-state index in [0.29, 0.717) is 37.2 Å². The van der Waals surface area contributed by atoms with Crippen LogP contribution in [0.2, 0.25) is 0 Å². The van der Waals surface area contributed by atoms with Crippen molar-refractivity contribution in [1.29, 1.82) is 0 Å². The van der Waals surface area contributed by atoms with E-state index < -0.39 is 0 Å². The van der Waals surface area contributed by atoms with E-state index in [1.165, 1.54) is 11.8 Å². The number of aromatic hydroxyl groups is 1. The van der Waals surface area contributed by atoms with Gasteiger partial charge in [0.05, 0.1) is 30.0 Å². The number of rotatable bonds is 3.